The molecule has 0 radical (unpaired) electrons. The number of hydrogen-bond donors (Lipinski definition) is 0. The Morgan fingerprint density at radius 3 is 2.55 bits per heavy atom. The monoisotopic (exact) mass is 471 g/mol. The molecule has 1 aromatic heterocycles. The average Bonchev–Trinajstić information content (AvgIpc) is 3.12. The van der Waals surface area contributed by atoms with Crippen LogP contribution in [-0.2, 0) is 0 Å². The predicted molar refractivity (Wildman–Crippen MR) is 115 cm³/mol. The Labute approximate surface area is 177 Å². The van der Waals surface area contributed by atoms with Gasteiger partial charge < -0.3 is 0 Å². The zero-order chi connectivity index (χ0) is 20.4. The predicted octanol–water partition coefficient (Wildman–Crippen LogP) is 6.02. The van der Waals surface area contributed by atoms with Crippen LogP contribution in [0.15, 0.2) is 76.3 Å². The van der Waals surface area contributed by atoms with Crippen LogP contribution in [0, 0.1) is 11.6 Å². The molecular weight excluding hydrogens is 460 g/mol. The molecule has 0 atom stereocenters. The first kappa shape index (κ1) is 19.4. The zero-order valence-electron chi connectivity index (χ0n) is 14.7. The van der Waals surface area contributed by atoms with E-state index in [2.05, 4.69) is 26.0 Å². The molecule has 0 saturated carbocycles. The van der Waals surface area contributed by atoms with Gasteiger partial charge in [-0.2, -0.15) is 10.1 Å². The van der Waals surface area contributed by atoms with Gasteiger partial charge in [-0.1, -0.05) is 45.5 Å². The lowest BCUT2D eigenvalue weighted by molar-refractivity contribution is 0.0987. The molecule has 4 nitrogen and oxygen atoms in total. The highest BCUT2D eigenvalue weighted by Gasteiger charge is 2.21. The number of amides is 1. The molecule has 0 aliphatic heterocycles. The van der Waals surface area contributed by atoms with Crippen molar-refractivity contribution in [2.24, 2.45) is 5.10 Å². The number of aromatic nitrogens is 1. The quantitative estimate of drug-likeness (QED) is 0.270. The molecule has 0 aliphatic rings. The number of thiazole rings is 1. The highest BCUT2D eigenvalue weighted by atomic mass is 79.9. The molecule has 4 rings (SSSR count). The lowest BCUT2D eigenvalue weighted by Crippen LogP contribution is -2.25. The third kappa shape index (κ3) is 4.38. The number of carbonyl (C=O) groups excluding carboxylic acids is 1. The maximum absolute atomic E-state index is 13.6. The van der Waals surface area contributed by atoms with Gasteiger partial charge in [-0.3, -0.25) is 4.79 Å². The summed E-state index contributed by atoms with van der Waals surface area (Å²) >= 11 is 4.49. The molecule has 4 aromatic rings. The number of carbonyl (C=O) groups is 1. The van der Waals surface area contributed by atoms with E-state index >= 15 is 0 Å². The Kier molecular flexibility index (Phi) is 5.46. The van der Waals surface area contributed by atoms with Gasteiger partial charge in [-0.15, -0.1) is 0 Å². The zero-order valence-corrected chi connectivity index (χ0v) is 17.1. The van der Waals surface area contributed by atoms with Gasteiger partial charge in [0.25, 0.3) is 5.91 Å². The van der Waals surface area contributed by atoms with Gasteiger partial charge in [0.15, 0.2) is 0 Å². The van der Waals surface area contributed by atoms with Crippen LogP contribution in [0.5, 0.6) is 0 Å². The van der Waals surface area contributed by atoms with E-state index in [9.17, 15) is 13.6 Å². The Hall–Kier alpha value is -2.97. The number of anilines is 1. The topological polar surface area (TPSA) is 45.6 Å². The summed E-state index contributed by atoms with van der Waals surface area (Å²) in [5.41, 5.74) is 1.43. The summed E-state index contributed by atoms with van der Waals surface area (Å²) in [6.07, 6.45) is 1.51. The van der Waals surface area contributed by atoms with Gasteiger partial charge in [-0.25, -0.2) is 13.8 Å². The summed E-state index contributed by atoms with van der Waals surface area (Å²) in [4.78, 5) is 17.4. The molecule has 0 saturated heterocycles. The number of rotatable bonds is 4. The Morgan fingerprint density at radius 2 is 1.79 bits per heavy atom. The van der Waals surface area contributed by atoms with Crippen LogP contribution >= 0.6 is 27.3 Å². The maximum Gasteiger partial charge on any atom is 0.280 e. The Balaban J connectivity index is 1.76. The number of nitrogens with zero attached hydrogens (tertiary/aromatic N) is 3. The van der Waals surface area contributed by atoms with Crippen molar-refractivity contribution in [2.45, 2.75) is 0 Å². The first-order valence-electron chi connectivity index (χ1n) is 8.45. The Bertz CT molecular complexity index is 1220. The van der Waals surface area contributed by atoms with E-state index in [0.717, 1.165) is 32.4 Å². The van der Waals surface area contributed by atoms with Crippen LogP contribution in [-0.4, -0.2) is 17.1 Å². The van der Waals surface area contributed by atoms with E-state index < -0.39 is 17.5 Å². The molecule has 0 aliphatic carbocycles. The van der Waals surface area contributed by atoms with E-state index in [1.54, 1.807) is 0 Å². The minimum atomic E-state index is -0.544. The second-order valence-corrected chi connectivity index (χ2v) is 7.96. The van der Waals surface area contributed by atoms with Crippen molar-refractivity contribution >= 4 is 54.7 Å². The van der Waals surface area contributed by atoms with Crippen LogP contribution in [0.1, 0.15) is 15.9 Å². The minimum Gasteiger partial charge on any atom is -0.267 e. The molecular formula is C21H12BrF2N3OS. The highest BCUT2D eigenvalue weighted by molar-refractivity contribution is 9.10. The van der Waals surface area contributed by atoms with E-state index in [4.69, 9.17) is 0 Å². The SMILES string of the molecule is O=C(c1cccc(F)c1)N(/N=C/c1ccc(Br)cc1)c1nc2ccc(F)cc2s1. The fourth-order valence-electron chi connectivity index (χ4n) is 2.58. The van der Waals surface area contributed by atoms with E-state index in [1.165, 1.54) is 42.6 Å². The first-order valence-corrected chi connectivity index (χ1v) is 10.1. The number of hydrazone groups is 1. The van der Waals surface area contributed by atoms with Gasteiger partial charge in [0.2, 0.25) is 5.13 Å². The number of fused-ring (bicyclic) bond motifs is 1. The summed E-state index contributed by atoms with van der Waals surface area (Å²) in [6, 6.07) is 16.9. The standard InChI is InChI=1S/C21H12BrF2N3OS/c22-15-6-4-13(5-7-15)12-25-27(20(28)14-2-1-3-16(23)10-14)21-26-18-9-8-17(24)11-19(18)29-21/h1-12H/b25-12+. The molecule has 0 N–H and O–H groups in total. The second-order valence-electron chi connectivity index (χ2n) is 6.03. The summed E-state index contributed by atoms with van der Waals surface area (Å²) in [5.74, 6) is -1.47. The van der Waals surface area contributed by atoms with Crippen LogP contribution in [0.4, 0.5) is 13.9 Å². The van der Waals surface area contributed by atoms with Crippen molar-refractivity contribution in [2.75, 3.05) is 5.01 Å². The van der Waals surface area contributed by atoms with Crippen LogP contribution in [0.3, 0.4) is 0 Å². The summed E-state index contributed by atoms with van der Waals surface area (Å²) in [7, 11) is 0. The smallest absolute Gasteiger partial charge is 0.267 e. The van der Waals surface area contributed by atoms with Crippen molar-refractivity contribution in [1.29, 1.82) is 0 Å². The van der Waals surface area contributed by atoms with Crippen LogP contribution in [0.25, 0.3) is 10.2 Å². The average molecular weight is 472 g/mol. The molecule has 1 heterocycles. The summed E-state index contributed by atoms with van der Waals surface area (Å²) < 4.78 is 28.7. The molecule has 0 spiro atoms. The van der Waals surface area contributed by atoms with Crippen molar-refractivity contribution in [1.82, 2.24) is 4.98 Å². The fourth-order valence-corrected chi connectivity index (χ4v) is 3.79. The van der Waals surface area contributed by atoms with Gasteiger partial charge in [0.05, 0.1) is 16.4 Å². The molecule has 0 unspecified atom stereocenters. The molecule has 1 amide bonds. The van der Waals surface area contributed by atoms with Crippen molar-refractivity contribution < 1.29 is 13.6 Å². The molecule has 8 heteroatoms. The fraction of sp³-hybridized carbons (Fsp3) is 0. The molecule has 144 valence electrons. The number of hydrogen-bond acceptors (Lipinski definition) is 4. The van der Waals surface area contributed by atoms with Crippen LogP contribution in [0.2, 0.25) is 0 Å². The second kappa shape index (κ2) is 8.18. The van der Waals surface area contributed by atoms with E-state index in [1.807, 2.05) is 24.3 Å². The van der Waals surface area contributed by atoms with Crippen molar-refractivity contribution in [3.63, 3.8) is 0 Å². The van der Waals surface area contributed by atoms with Crippen molar-refractivity contribution in [3.05, 3.63) is 94.0 Å². The van der Waals surface area contributed by atoms with E-state index in [0.29, 0.717) is 10.2 Å². The molecule has 0 fully saturated rings. The summed E-state index contributed by atoms with van der Waals surface area (Å²) in [6.45, 7) is 0. The van der Waals surface area contributed by atoms with Gasteiger partial charge in [0, 0.05) is 10.0 Å². The summed E-state index contributed by atoms with van der Waals surface area (Å²) in [5, 5.41) is 5.65. The first-order chi connectivity index (χ1) is 14.0. The van der Waals surface area contributed by atoms with E-state index in [-0.39, 0.29) is 10.7 Å². The number of halogens is 3. The molecule has 3 aromatic carbocycles. The third-order valence-corrected chi connectivity index (χ3v) is 5.50. The lowest BCUT2D eigenvalue weighted by Gasteiger charge is -2.13. The minimum absolute atomic E-state index is 0.128. The largest absolute Gasteiger partial charge is 0.280 e. The Morgan fingerprint density at radius 1 is 1.03 bits per heavy atom. The van der Waals surface area contributed by atoms with Crippen LogP contribution < -0.4 is 5.01 Å². The number of benzene rings is 3. The van der Waals surface area contributed by atoms with Gasteiger partial charge in [-0.05, 0) is 54.1 Å². The van der Waals surface area contributed by atoms with Gasteiger partial charge >= 0.3 is 0 Å². The van der Waals surface area contributed by atoms with Crippen molar-refractivity contribution in [3.8, 4) is 0 Å². The molecule has 29 heavy (non-hydrogen) atoms. The maximum atomic E-state index is 13.6. The van der Waals surface area contributed by atoms with Gasteiger partial charge in [0.1, 0.15) is 11.6 Å². The highest BCUT2D eigenvalue weighted by Crippen LogP contribution is 2.30. The molecule has 0 bridgehead atoms. The normalized spacial score (nSPS) is 11.3. The lowest BCUT2D eigenvalue weighted by atomic mass is 10.2. The third-order valence-electron chi connectivity index (χ3n) is 3.98.